The highest BCUT2D eigenvalue weighted by atomic mass is 16.3. The second-order valence-corrected chi connectivity index (χ2v) is 9.73. The van der Waals surface area contributed by atoms with Crippen LogP contribution < -0.4 is 10.6 Å². The summed E-state index contributed by atoms with van der Waals surface area (Å²) >= 11 is 0. The summed E-state index contributed by atoms with van der Waals surface area (Å²) in [7, 11) is 0. The number of aromatic nitrogens is 4. The molecule has 3 aromatic rings. The SMILES string of the molecule is CC(C)Nc1cc(-n2ncc3cc(C#N)cnc32)ncc1C(=O)NC1CCC(CC(=O)[C@@H](C)O)CC1. The lowest BCUT2D eigenvalue weighted by molar-refractivity contribution is -0.127. The molecule has 1 amide bonds. The third-order valence-corrected chi connectivity index (χ3v) is 6.47. The molecule has 1 aliphatic rings. The van der Waals surface area contributed by atoms with Crippen molar-refractivity contribution in [2.24, 2.45) is 5.92 Å². The van der Waals surface area contributed by atoms with Gasteiger partial charge in [-0.25, -0.2) is 9.97 Å². The fourth-order valence-corrected chi connectivity index (χ4v) is 4.55. The Morgan fingerprint density at radius 3 is 2.56 bits per heavy atom. The van der Waals surface area contributed by atoms with Crippen molar-refractivity contribution in [1.29, 1.82) is 5.26 Å². The van der Waals surface area contributed by atoms with Crippen LogP contribution in [-0.4, -0.2) is 54.7 Å². The Balaban J connectivity index is 1.50. The molecule has 10 nitrogen and oxygen atoms in total. The molecule has 3 heterocycles. The lowest BCUT2D eigenvalue weighted by Gasteiger charge is -2.29. The van der Waals surface area contributed by atoms with Gasteiger partial charge in [-0.3, -0.25) is 9.59 Å². The summed E-state index contributed by atoms with van der Waals surface area (Å²) in [6, 6.07) is 5.67. The molecule has 0 saturated heterocycles. The number of pyridine rings is 2. The minimum absolute atomic E-state index is 0.0237. The van der Waals surface area contributed by atoms with Crippen molar-refractivity contribution in [3.8, 4) is 11.9 Å². The summed E-state index contributed by atoms with van der Waals surface area (Å²) in [4.78, 5) is 33.9. The van der Waals surface area contributed by atoms with E-state index < -0.39 is 6.10 Å². The number of aliphatic hydroxyl groups is 1. The van der Waals surface area contributed by atoms with E-state index >= 15 is 0 Å². The average molecular weight is 490 g/mol. The van der Waals surface area contributed by atoms with Gasteiger partial charge in [0.1, 0.15) is 12.2 Å². The molecular weight excluding hydrogens is 458 g/mol. The van der Waals surface area contributed by atoms with E-state index in [1.165, 1.54) is 13.1 Å². The lowest BCUT2D eigenvalue weighted by atomic mass is 9.82. The fraction of sp³-hybridized carbons (Fsp3) is 0.462. The zero-order valence-corrected chi connectivity index (χ0v) is 20.7. The summed E-state index contributed by atoms with van der Waals surface area (Å²) in [5, 5.41) is 30.1. The molecule has 0 bridgehead atoms. The van der Waals surface area contributed by atoms with Crippen LogP contribution in [0.25, 0.3) is 16.9 Å². The fourth-order valence-electron chi connectivity index (χ4n) is 4.55. The Labute approximate surface area is 209 Å². The molecule has 0 unspecified atom stereocenters. The number of ketones is 1. The smallest absolute Gasteiger partial charge is 0.255 e. The minimum Gasteiger partial charge on any atom is -0.386 e. The van der Waals surface area contributed by atoms with E-state index in [1.54, 1.807) is 29.2 Å². The standard InChI is InChI=1S/C26H31N7O3/c1-15(2)31-22-10-24(33-25-19(13-30-33)8-18(11-27)12-29-25)28-14-21(22)26(36)32-20-6-4-17(5-7-20)9-23(35)16(3)34/h8,10,12-17,20,34H,4-7,9H2,1-3H3,(H,28,31)(H,32,36)/t16-,17?,20?/m1/s1. The Kier molecular flexibility index (Phi) is 7.60. The summed E-state index contributed by atoms with van der Waals surface area (Å²) in [5.41, 5.74) is 2.10. The van der Waals surface area contributed by atoms with Crippen molar-refractivity contribution in [1.82, 2.24) is 25.1 Å². The Morgan fingerprint density at radius 1 is 1.14 bits per heavy atom. The van der Waals surface area contributed by atoms with Gasteiger partial charge in [0.05, 0.1) is 23.0 Å². The van der Waals surface area contributed by atoms with E-state index in [9.17, 15) is 14.7 Å². The number of hydrogen-bond donors (Lipinski definition) is 3. The first-order chi connectivity index (χ1) is 17.2. The molecule has 0 aromatic carbocycles. The first-order valence-corrected chi connectivity index (χ1v) is 12.3. The van der Waals surface area contributed by atoms with Crippen LogP contribution in [-0.2, 0) is 4.79 Å². The van der Waals surface area contributed by atoms with Crippen molar-refractivity contribution in [2.75, 3.05) is 5.32 Å². The largest absolute Gasteiger partial charge is 0.386 e. The van der Waals surface area contributed by atoms with Crippen LogP contribution in [0.15, 0.2) is 30.7 Å². The molecule has 10 heteroatoms. The first kappa shape index (κ1) is 25.3. The lowest BCUT2D eigenvalue weighted by Crippen LogP contribution is -2.38. The van der Waals surface area contributed by atoms with Crippen molar-refractivity contribution >= 4 is 28.4 Å². The number of anilines is 1. The number of nitrogens with one attached hydrogen (secondary N) is 2. The molecule has 1 aliphatic carbocycles. The Hall–Kier alpha value is -3.84. The van der Waals surface area contributed by atoms with Crippen molar-refractivity contribution < 1.29 is 14.7 Å². The highest BCUT2D eigenvalue weighted by molar-refractivity contribution is 5.99. The normalized spacial score (nSPS) is 18.6. The van der Waals surface area contributed by atoms with E-state index in [0.717, 1.165) is 31.1 Å². The number of carbonyl (C=O) groups is 2. The van der Waals surface area contributed by atoms with Gasteiger partial charge in [0.2, 0.25) is 0 Å². The predicted molar refractivity (Wildman–Crippen MR) is 135 cm³/mol. The minimum atomic E-state index is -0.921. The van der Waals surface area contributed by atoms with Gasteiger partial charge in [0.15, 0.2) is 17.2 Å². The number of aliphatic hydroxyl groups excluding tert-OH is 1. The number of carbonyl (C=O) groups excluding carboxylic acids is 2. The number of rotatable bonds is 8. The topological polar surface area (TPSA) is 146 Å². The second-order valence-electron chi connectivity index (χ2n) is 9.73. The summed E-state index contributed by atoms with van der Waals surface area (Å²) in [6.45, 7) is 5.49. The van der Waals surface area contributed by atoms with Crippen LogP contribution in [0.3, 0.4) is 0 Å². The molecule has 1 saturated carbocycles. The highest BCUT2D eigenvalue weighted by Crippen LogP contribution is 2.28. The van der Waals surface area contributed by atoms with Crippen LogP contribution in [0.4, 0.5) is 5.69 Å². The molecule has 4 rings (SSSR count). The van der Waals surface area contributed by atoms with E-state index in [4.69, 9.17) is 5.26 Å². The van der Waals surface area contributed by atoms with E-state index in [0.29, 0.717) is 34.7 Å². The predicted octanol–water partition coefficient (Wildman–Crippen LogP) is 3.14. The van der Waals surface area contributed by atoms with E-state index in [2.05, 4.69) is 31.8 Å². The number of nitrogens with zero attached hydrogens (tertiary/aromatic N) is 5. The molecule has 3 aromatic heterocycles. The molecule has 36 heavy (non-hydrogen) atoms. The number of fused-ring (bicyclic) bond motifs is 1. The first-order valence-electron chi connectivity index (χ1n) is 12.3. The van der Waals surface area contributed by atoms with Crippen molar-refractivity contribution in [3.05, 3.63) is 41.9 Å². The third kappa shape index (κ3) is 5.69. The molecule has 188 valence electrons. The molecule has 0 aliphatic heterocycles. The number of nitriles is 1. The maximum atomic E-state index is 13.2. The van der Waals surface area contributed by atoms with Crippen LogP contribution in [0.2, 0.25) is 0 Å². The van der Waals surface area contributed by atoms with Crippen LogP contribution >= 0.6 is 0 Å². The third-order valence-electron chi connectivity index (χ3n) is 6.47. The number of hydrogen-bond acceptors (Lipinski definition) is 8. The molecule has 0 spiro atoms. The van der Waals surface area contributed by atoms with Gasteiger partial charge in [-0.1, -0.05) is 0 Å². The quantitative estimate of drug-likeness (QED) is 0.437. The maximum Gasteiger partial charge on any atom is 0.255 e. The monoisotopic (exact) mass is 489 g/mol. The van der Waals surface area contributed by atoms with Gasteiger partial charge >= 0.3 is 0 Å². The van der Waals surface area contributed by atoms with Crippen molar-refractivity contribution in [2.45, 2.75) is 71.1 Å². The molecule has 1 atom stereocenters. The van der Waals surface area contributed by atoms with Crippen LogP contribution in [0, 0.1) is 17.2 Å². The van der Waals surface area contributed by atoms with E-state index in [-0.39, 0.29) is 29.7 Å². The van der Waals surface area contributed by atoms with Gasteiger partial charge in [0.25, 0.3) is 5.91 Å². The van der Waals surface area contributed by atoms with Gasteiger partial charge in [-0.15, -0.1) is 0 Å². The number of Topliss-reactive ketones (excluding diaryl/α,β-unsaturated/α-hetero) is 1. The highest BCUT2D eigenvalue weighted by Gasteiger charge is 2.26. The molecule has 0 radical (unpaired) electrons. The second kappa shape index (κ2) is 10.8. The number of amides is 1. The molecule has 1 fully saturated rings. The van der Waals surface area contributed by atoms with Gasteiger partial charge in [-0.2, -0.15) is 15.0 Å². The van der Waals surface area contributed by atoms with Gasteiger partial charge in [0, 0.05) is 42.4 Å². The van der Waals surface area contributed by atoms with Crippen molar-refractivity contribution in [3.63, 3.8) is 0 Å². The van der Waals surface area contributed by atoms with Crippen LogP contribution in [0.5, 0.6) is 0 Å². The summed E-state index contributed by atoms with van der Waals surface area (Å²) < 4.78 is 1.58. The maximum absolute atomic E-state index is 13.2. The Bertz CT molecular complexity index is 1300. The average Bonchev–Trinajstić information content (AvgIpc) is 3.27. The molecule has 3 N–H and O–H groups in total. The zero-order chi connectivity index (χ0) is 25.8. The van der Waals surface area contributed by atoms with Gasteiger partial charge in [-0.05, 0) is 58.4 Å². The van der Waals surface area contributed by atoms with E-state index in [1.807, 2.05) is 13.8 Å². The molecular formula is C26H31N7O3. The van der Waals surface area contributed by atoms with Gasteiger partial charge < -0.3 is 15.7 Å². The Morgan fingerprint density at radius 2 is 1.89 bits per heavy atom. The summed E-state index contributed by atoms with van der Waals surface area (Å²) in [6.07, 6.45) is 7.39. The van der Waals surface area contributed by atoms with Crippen LogP contribution in [0.1, 0.15) is 68.8 Å². The zero-order valence-electron chi connectivity index (χ0n) is 20.7. The summed E-state index contributed by atoms with van der Waals surface area (Å²) in [5.74, 6) is 0.429.